The minimum atomic E-state index is -1.22. The predicted molar refractivity (Wildman–Crippen MR) is 85.8 cm³/mol. The smallest absolute Gasteiger partial charge is 0.0976 e. The first-order chi connectivity index (χ1) is 9.12. The summed E-state index contributed by atoms with van der Waals surface area (Å²) in [6, 6.07) is 7.67. The molecule has 114 valence electrons. The number of hydrogen-bond acceptors (Lipinski definition) is 2. The average molecular weight is 297 g/mol. The van der Waals surface area contributed by atoms with Gasteiger partial charge in [-0.3, -0.25) is 0 Å². The van der Waals surface area contributed by atoms with Crippen LogP contribution in [-0.2, 0) is 11.0 Å². The molecule has 0 aliphatic rings. The molecule has 3 atom stereocenters. The fraction of sp³-hybridized carbons (Fsp3) is 0.625. The van der Waals surface area contributed by atoms with Crippen molar-refractivity contribution in [1.82, 2.24) is 4.72 Å². The molecule has 0 bridgehead atoms. The first kappa shape index (κ1) is 17.3. The van der Waals surface area contributed by atoms with Gasteiger partial charge in [-0.1, -0.05) is 43.7 Å². The topological polar surface area (TPSA) is 49.3 Å². The maximum atomic E-state index is 12.3. The van der Waals surface area contributed by atoms with Gasteiger partial charge in [-0.25, -0.2) is 8.93 Å². The van der Waals surface area contributed by atoms with Crippen LogP contribution in [0.25, 0.3) is 0 Å². The van der Waals surface area contributed by atoms with Gasteiger partial charge in [-0.2, -0.15) is 0 Å². The van der Waals surface area contributed by atoms with Gasteiger partial charge in [0, 0.05) is 0 Å². The van der Waals surface area contributed by atoms with Crippen LogP contribution in [0, 0.1) is 12.8 Å². The van der Waals surface area contributed by atoms with Crippen molar-refractivity contribution in [3.05, 3.63) is 35.4 Å². The fourth-order valence-corrected chi connectivity index (χ4v) is 2.65. The normalized spacial score (nSPS) is 17.0. The van der Waals surface area contributed by atoms with Crippen LogP contribution < -0.4 is 4.72 Å². The Labute approximate surface area is 125 Å². The van der Waals surface area contributed by atoms with E-state index in [1.165, 1.54) is 5.56 Å². The lowest BCUT2D eigenvalue weighted by molar-refractivity contribution is 0.0922. The number of aryl methyl sites for hydroxylation is 1. The van der Waals surface area contributed by atoms with E-state index in [1.807, 2.05) is 65.8 Å². The van der Waals surface area contributed by atoms with Gasteiger partial charge in [0.15, 0.2) is 0 Å². The zero-order valence-electron chi connectivity index (χ0n) is 13.3. The number of aliphatic hydroxyl groups is 1. The third kappa shape index (κ3) is 4.69. The molecular weight excluding hydrogens is 270 g/mol. The van der Waals surface area contributed by atoms with Gasteiger partial charge in [0.25, 0.3) is 0 Å². The Morgan fingerprint density at radius 3 is 2.05 bits per heavy atom. The van der Waals surface area contributed by atoms with E-state index in [9.17, 15) is 9.32 Å². The molecular formula is C16H27NO2S. The summed E-state index contributed by atoms with van der Waals surface area (Å²) in [6.07, 6.45) is -0.580. The van der Waals surface area contributed by atoms with E-state index >= 15 is 0 Å². The second-order valence-corrected chi connectivity index (χ2v) is 8.62. The lowest BCUT2D eigenvalue weighted by atomic mass is 9.94. The Hall–Kier alpha value is -0.710. The van der Waals surface area contributed by atoms with E-state index in [2.05, 4.69) is 4.72 Å². The molecule has 1 aromatic rings. The zero-order chi connectivity index (χ0) is 15.5. The van der Waals surface area contributed by atoms with Crippen molar-refractivity contribution in [3.63, 3.8) is 0 Å². The van der Waals surface area contributed by atoms with Crippen LogP contribution in [0.5, 0.6) is 0 Å². The molecule has 0 saturated heterocycles. The number of hydrogen-bond donors (Lipinski definition) is 2. The van der Waals surface area contributed by atoms with Gasteiger partial charge in [0.1, 0.15) is 0 Å². The maximum Gasteiger partial charge on any atom is 0.0976 e. The minimum absolute atomic E-state index is 0.0887. The van der Waals surface area contributed by atoms with Crippen molar-refractivity contribution in [2.75, 3.05) is 0 Å². The summed E-state index contributed by atoms with van der Waals surface area (Å²) in [5.41, 5.74) is 2.14. The molecule has 1 aromatic carbocycles. The monoisotopic (exact) mass is 297 g/mol. The molecule has 0 aliphatic heterocycles. The van der Waals surface area contributed by atoms with Crippen LogP contribution in [0.1, 0.15) is 51.8 Å². The van der Waals surface area contributed by atoms with Gasteiger partial charge in [-0.15, -0.1) is 0 Å². The van der Waals surface area contributed by atoms with Crippen LogP contribution in [0.4, 0.5) is 0 Å². The molecule has 0 amide bonds. The van der Waals surface area contributed by atoms with Crippen molar-refractivity contribution in [3.8, 4) is 0 Å². The molecule has 4 heteroatoms. The molecule has 0 fully saturated rings. The van der Waals surface area contributed by atoms with Gasteiger partial charge < -0.3 is 5.11 Å². The van der Waals surface area contributed by atoms with Crippen LogP contribution in [0.3, 0.4) is 0 Å². The standard InChI is InChI=1S/C16H27NO2S/c1-11(2)15(18)14(17-20(19)16(4,5)6)13-9-7-12(3)8-10-13/h7-11,14-15,17-18H,1-6H3/t14-,15+,20?/m0/s1. The van der Waals surface area contributed by atoms with Crippen LogP contribution >= 0.6 is 0 Å². The lowest BCUT2D eigenvalue weighted by Gasteiger charge is -2.30. The van der Waals surface area contributed by atoms with Gasteiger partial charge in [-0.05, 0) is 39.2 Å². The average Bonchev–Trinajstić information content (AvgIpc) is 2.34. The molecule has 0 aromatic heterocycles. The van der Waals surface area contributed by atoms with E-state index in [1.54, 1.807) is 0 Å². The molecule has 0 spiro atoms. The third-order valence-electron chi connectivity index (χ3n) is 3.25. The Kier molecular flexibility index (Phi) is 5.92. The summed E-state index contributed by atoms with van der Waals surface area (Å²) < 4.78 is 15.1. The van der Waals surface area contributed by atoms with E-state index < -0.39 is 17.1 Å². The van der Waals surface area contributed by atoms with E-state index in [-0.39, 0.29) is 16.7 Å². The SMILES string of the molecule is Cc1ccc([C@H](NS(=O)C(C)(C)C)[C@H](O)C(C)C)cc1. The zero-order valence-corrected chi connectivity index (χ0v) is 14.1. The van der Waals surface area contributed by atoms with Crippen molar-refractivity contribution >= 4 is 11.0 Å². The Morgan fingerprint density at radius 2 is 1.65 bits per heavy atom. The highest BCUT2D eigenvalue weighted by molar-refractivity contribution is 7.84. The largest absolute Gasteiger partial charge is 0.391 e. The molecule has 0 saturated carbocycles. The van der Waals surface area contributed by atoms with E-state index in [0.29, 0.717) is 0 Å². The van der Waals surface area contributed by atoms with E-state index in [4.69, 9.17) is 0 Å². The lowest BCUT2D eigenvalue weighted by Crippen LogP contribution is -2.41. The summed E-state index contributed by atoms with van der Waals surface area (Å²) in [5, 5.41) is 10.4. The highest BCUT2D eigenvalue weighted by atomic mass is 32.2. The quantitative estimate of drug-likeness (QED) is 0.877. The van der Waals surface area contributed by atoms with Gasteiger partial charge >= 0.3 is 0 Å². The van der Waals surface area contributed by atoms with Crippen LogP contribution in [0.15, 0.2) is 24.3 Å². The maximum absolute atomic E-state index is 12.3. The molecule has 0 radical (unpaired) electrons. The molecule has 1 unspecified atom stereocenters. The van der Waals surface area contributed by atoms with Crippen LogP contribution in [-0.4, -0.2) is 20.2 Å². The Bertz CT molecular complexity index is 449. The van der Waals surface area contributed by atoms with Gasteiger partial charge in [0.05, 0.1) is 27.9 Å². The van der Waals surface area contributed by atoms with E-state index in [0.717, 1.165) is 5.56 Å². The fourth-order valence-electron chi connectivity index (χ4n) is 1.79. The first-order valence-electron chi connectivity index (χ1n) is 7.05. The van der Waals surface area contributed by atoms with Crippen molar-refractivity contribution in [2.24, 2.45) is 5.92 Å². The number of rotatable bonds is 5. The molecule has 2 N–H and O–H groups in total. The summed E-state index contributed by atoms with van der Waals surface area (Å²) in [7, 11) is -1.22. The Balaban J connectivity index is 3.03. The number of nitrogens with one attached hydrogen (secondary N) is 1. The number of benzene rings is 1. The van der Waals surface area contributed by atoms with Crippen molar-refractivity contribution < 1.29 is 9.32 Å². The molecule has 20 heavy (non-hydrogen) atoms. The predicted octanol–water partition coefficient (Wildman–Crippen LogP) is 3.10. The summed E-state index contributed by atoms with van der Waals surface area (Å²) in [6.45, 7) is 11.7. The Morgan fingerprint density at radius 1 is 1.15 bits per heavy atom. The molecule has 1 rings (SSSR count). The minimum Gasteiger partial charge on any atom is -0.391 e. The first-order valence-corrected chi connectivity index (χ1v) is 8.20. The summed E-state index contributed by atoms with van der Waals surface area (Å²) in [4.78, 5) is 0. The second-order valence-electron chi connectivity index (χ2n) is 6.62. The molecule has 0 aliphatic carbocycles. The van der Waals surface area contributed by atoms with Crippen molar-refractivity contribution in [1.29, 1.82) is 0 Å². The van der Waals surface area contributed by atoms with Crippen molar-refractivity contribution in [2.45, 2.75) is 58.4 Å². The second kappa shape index (κ2) is 6.83. The van der Waals surface area contributed by atoms with Gasteiger partial charge in [0.2, 0.25) is 0 Å². The number of aliphatic hydroxyl groups excluding tert-OH is 1. The highest BCUT2D eigenvalue weighted by Crippen LogP contribution is 2.24. The summed E-state index contributed by atoms with van der Waals surface area (Å²) >= 11 is 0. The van der Waals surface area contributed by atoms with Crippen LogP contribution in [0.2, 0.25) is 0 Å². The molecule has 0 heterocycles. The highest BCUT2D eigenvalue weighted by Gasteiger charge is 2.29. The molecule has 3 nitrogen and oxygen atoms in total. The third-order valence-corrected chi connectivity index (χ3v) is 4.83. The summed E-state index contributed by atoms with van der Waals surface area (Å²) in [5.74, 6) is 0.0887.